The van der Waals surface area contributed by atoms with Crippen LogP contribution in [0.3, 0.4) is 0 Å². The summed E-state index contributed by atoms with van der Waals surface area (Å²) in [6, 6.07) is 14.2. The van der Waals surface area contributed by atoms with Crippen molar-refractivity contribution in [3.63, 3.8) is 0 Å². The van der Waals surface area contributed by atoms with Crippen molar-refractivity contribution in [3.8, 4) is 11.5 Å². The third-order valence-electron chi connectivity index (χ3n) is 14.3. The Kier molecular flexibility index (Phi) is 11.5. The summed E-state index contributed by atoms with van der Waals surface area (Å²) >= 11 is 0. The minimum atomic E-state index is -3.37. The van der Waals surface area contributed by atoms with Crippen molar-refractivity contribution >= 4 is 25.8 Å². The van der Waals surface area contributed by atoms with Crippen molar-refractivity contribution in [2.24, 2.45) is 52.1 Å². The van der Waals surface area contributed by atoms with Crippen LogP contribution in [0.15, 0.2) is 52.9 Å². The number of carbonyl (C=O) groups is 1. The minimum Gasteiger partial charge on any atom is -0.415 e. The lowest BCUT2D eigenvalue weighted by molar-refractivity contribution is -0.0608. The summed E-state index contributed by atoms with van der Waals surface area (Å²) in [7, 11) is -6.66. The van der Waals surface area contributed by atoms with Gasteiger partial charge in [-0.3, -0.25) is 4.79 Å². The normalized spacial score (nSPS) is 31.0. The van der Waals surface area contributed by atoms with Crippen LogP contribution in [0, 0.1) is 46.3 Å². The van der Waals surface area contributed by atoms with E-state index < -0.39 is 32.4 Å². The average molecular weight is 842 g/mol. The second-order valence-electron chi connectivity index (χ2n) is 19.2. The maximum atomic E-state index is 12.7. The zero-order valence-corrected chi connectivity index (χ0v) is 35.2. The van der Waals surface area contributed by atoms with Gasteiger partial charge in [0.05, 0.1) is 19.1 Å². The molecule has 0 atom stereocenters. The number of halogens is 2. The SMILES string of the molecule is CS(=O)(=O)N(Cc1ccc(-c2nnc(C(F)F)o2)cc1)CC12CC3CC(CC(C3)C1)C2.CS(=O)(=O)N(Cc1ccc(C(=O)CN)cc1)CC12CC3CC(CC(C3)C1)C2. The predicted molar refractivity (Wildman–Crippen MR) is 216 cm³/mol. The van der Waals surface area contributed by atoms with E-state index in [9.17, 15) is 30.4 Å². The van der Waals surface area contributed by atoms with Crippen molar-refractivity contribution in [2.45, 2.75) is 96.6 Å². The van der Waals surface area contributed by atoms with Gasteiger partial charge in [0.15, 0.2) is 5.78 Å². The van der Waals surface area contributed by atoms with Crippen LogP contribution in [0.25, 0.3) is 11.5 Å². The number of Topliss-reactive ketones (excluding diaryl/α,β-unsaturated/α-hetero) is 1. The Morgan fingerprint density at radius 2 is 1.07 bits per heavy atom. The molecule has 0 aliphatic heterocycles. The smallest absolute Gasteiger partial charge is 0.314 e. The van der Waals surface area contributed by atoms with Crippen LogP contribution in [-0.4, -0.2) is 73.6 Å². The van der Waals surface area contributed by atoms with E-state index in [0.717, 1.165) is 65.9 Å². The molecule has 0 amide bonds. The molecule has 316 valence electrons. The highest BCUT2D eigenvalue weighted by molar-refractivity contribution is 7.88. The van der Waals surface area contributed by atoms with Crippen molar-refractivity contribution in [2.75, 3.05) is 32.1 Å². The van der Waals surface area contributed by atoms with Gasteiger partial charge in [-0.25, -0.2) is 16.8 Å². The summed E-state index contributed by atoms with van der Waals surface area (Å²) in [6.45, 7) is 1.88. The average Bonchev–Trinajstić information content (AvgIpc) is 3.64. The highest BCUT2D eigenvalue weighted by Crippen LogP contribution is 2.61. The molecular weight excluding hydrogens is 785 g/mol. The molecule has 11 rings (SSSR count). The van der Waals surface area contributed by atoms with E-state index in [-0.39, 0.29) is 29.0 Å². The number of nitrogens with two attached hydrogens (primary N) is 1. The quantitative estimate of drug-likeness (QED) is 0.163. The largest absolute Gasteiger partial charge is 0.415 e. The van der Waals surface area contributed by atoms with Gasteiger partial charge in [0.1, 0.15) is 0 Å². The molecular formula is C43H57F2N5O6S2. The van der Waals surface area contributed by atoms with Crippen molar-refractivity contribution in [1.29, 1.82) is 0 Å². The van der Waals surface area contributed by atoms with Gasteiger partial charge in [-0.05, 0) is 147 Å². The van der Waals surface area contributed by atoms with Gasteiger partial charge >= 0.3 is 6.43 Å². The number of aromatic nitrogens is 2. The first-order valence-electron chi connectivity index (χ1n) is 20.9. The van der Waals surface area contributed by atoms with Gasteiger partial charge in [0.2, 0.25) is 25.9 Å². The van der Waals surface area contributed by atoms with E-state index in [1.54, 1.807) is 45.0 Å². The zero-order chi connectivity index (χ0) is 41.0. The Morgan fingerprint density at radius 1 is 0.690 bits per heavy atom. The molecule has 2 N–H and O–H groups in total. The Hall–Kier alpha value is -3.11. The van der Waals surface area contributed by atoms with Crippen LogP contribution in [-0.2, 0) is 33.1 Å². The predicted octanol–water partition coefficient (Wildman–Crippen LogP) is 7.46. The van der Waals surface area contributed by atoms with Crippen molar-refractivity contribution in [3.05, 3.63) is 71.1 Å². The molecule has 8 aliphatic rings. The number of rotatable bonds is 14. The molecule has 8 bridgehead atoms. The van der Waals surface area contributed by atoms with Gasteiger partial charge in [0, 0.05) is 37.3 Å². The van der Waals surface area contributed by atoms with E-state index in [0.29, 0.717) is 37.3 Å². The summed E-state index contributed by atoms with van der Waals surface area (Å²) in [5.74, 6) is 3.92. The number of carbonyl (C=O) groups excluding carboxylic acids is 1. The Balaban J connectivity index is 0.000000164. The highest BCUT2D eigenvalue weighted by atomic mass is 32.2. The summed E-state index contributed by atoms with van der Waals surface area (Å²) in [5, 5.41) is 7.00. The van der Waals surface area contributed by atoms with E-state index >= 15 is 0 Å². The molecule has 0 unspecified atom stereocenters. The number of ketones is 1. The van der Waals surface area contributed by atoms with Crippen LogP contribution in [0.5, 0.6) is 0 Å². The van der Waals surface area contributed by atoms with Gasteiger partial charge in [-0.1, -0.05) is 36.4 Å². The first kappa shape index (κ1) is 41.6. The zero-order valence-electron chi connectivity index (χ0n) is 33.6. The van der Waals surface area contributed by atoms with Gasteiger partial charge in [-0.15, -0.1) is 10.2 Å². The van der Waals surface area contributed by atoms with E-state index in [4.69, 9.17) is 10.2 Å². The molecule has 15 heteroatoms. The number of hydrogen-bond donors (Lipinski definition) is 1. The summed E-state index contributed by atoms with van der Waals surface area (Å²) < 4.78 is 84.0. The molecule has 8 saturated carbocycles. The highest BCUT2D eigenvalue weighted by Gasteiger charge is 2.53. The van der Waals surface area contributed by atoms with Crippen molar-refractivity contribution < 1.29 is 34.8 Å². The topological polar surface area (TPSA) is 157 Å². The summed E-state index contributed by atoms with van der Waals surface area (Å²) in [4.78, 5) is 11.7. The minimum absolute atomic E-state index is 0.0131. The maximum absolute atomic E-state index is 12.7. The lowest BCUT2D eigenvalue weighted by Gasteiger charge is -2.57. The van der Waals surface area contributed by atoms with Gasteiger partial charge in [-0.2, -0.15) is 17.4 Å². The fourth-order valence-corrected chi connectivity index (χ4v) is 14.6. The molecule has 58 heavy (non-hydrogen) atoms. The number of hydrogen-bond acceptors (Lipinski definition) is 9. The van der Waals surface area contributed by atoms with E-state index in [1.807, 2.05) is 12.1 Å². The molecule has 1 aromatic heterocycles. The molecule has 0 radical (unpaired) electrons. The second kappa shape index (κ2) is 16.1. The Labute approximate surface area is 341 Å². The van der Waals surface area contributed by atoms with E-state index in [1.165, 1.54) is 70.3 Å². The Bertz CT molecular complexity index is 2110. The van der Waals surface area contributed by atoms with Crippen LogP contribution in [0.1, 0.15) is 111 Å². The van der Waals surface area contributed by atoms with Crippen molar-refractivity contribution in [1.82, 2.24) is 18.8 Å². The molecule has 8 fully saturated rings. The molecule has 0 spiro atoms. The molecule has 8 aliphatic carbocycles. The summed E-state index contributed by atoms with van der Waals surface area (Å²) in [5.41, 5.74) is 8.56. The standard InChI is InChI=1S/C22H27F2N3O3S.C21H30N2O3S/c1-31(28,29)27(13-22-9-15-6-16(10-22)8-17(7-15)11-22)12-14-2-4-18(5-3-14)20-25-26-21(30-20)19(23)24;1-27(25,26)23(13-15-2-4-19(5-3-15)20(24)12-22)14-21-9-16-6-17(10-21)8-18(7-16)11-21/h2-5,15-17,19H,6-13H2,1H3;2-5,16-18H,6-14,22H2,1H3. The third-order valence-corrected chi connectivity index (χ3v) is 16.7. The molecule has 1 heterocycles. The maximum Gasteiger partial charge on any atom is 0.314 e. The van der Waals surface area contributed by atoms with Gasteiger partial charge < -0.3 is 10.2 Å². The lowest BCUT2D eigenvalue weighted by Crippen LogP contribution is -2.51. The monoisotopic (exact) mass is 841 g/mol. The number of benzene rings is 2. The summed E-state index contributed by atoms with van der Waals surface area (Å²) in [6.07, 6.45) is 14.8. The molecule has 11 nitrogen and oxygen atoms in total. The molecule has 2 aromatic carbocycles. The lowest BCUT2D eigenvalue weighted by atomic mass is 9.49. The van der Waals surface area contributed by atoms with Crippen LogP contribution >= 0.6 is 0 Å². The second-order valence-corrected chi connectivity index (χ2v) is 23.1. The van der Waals surface area contributed by atoms with Crippen LogP contribution in [0.4, 0.5) is 8.78 Å². The third kappa shape index (κ3) is 9.28. The van der Waals surface area contributed by atoms with Gasteiger partial charge in [0.25, 0.3) is 5.89 Å². The fourth-order valence-electron chi connectivity index (χ4n) is 12.8. The van der Waals surface area contributed by atoms with E-state index in [2.05, 4.69) is 10.2 Å². The fraction of sp³-hybridized carbons (Fsp3) is 0.651. The molecule has 3 aromatic rings. The molecule has 0 saturated heterocycles. The Morgan fingerprint density at radius 3 is 1.40 bits per heavy atom. The number of nitrogens with zero attached hydrogens (tertiary/aromatic N) is 4. The first-order chi connectivity index (χ1) is 27.5. The number of sulfonamides is 2. The van der Waals surface area contributed by atoms with Crippen LogP contribution < -0.4 is 5.73 Å². The van der Waals surface area contributed by atoms with Crippen LogP contribution in [0.2, 0.25) is 0 Å². The first-order valence-corrected chi connectivity index (χ1v) is 24.6. The number of alkyl halides is 2.